The summed E-state index contributed by atoms with van der Waals surface area (Å²) in [6, 6.07) is 10.1. The highest BCUT2D eigenvalue weighted by Gasteiger charge is 2.17. The van der Waals surface area contributed by atoms with E-state index in [9.17, 15) is 13.2 Å². The van der Waals surface area contributed by atoms with Gasteiger partial charge in [0.1, 0.15) is 11.5 Å². The van der Waals surface area contributed by atoms with E-state index in [4.69, 9.17) is 10.2 Å². The van der Waals surface area contributed by atoms with Crippen molar-refractivity contribution in [2.45, 2.75) is 9.79 Å². The molecule has 0 fully saturated rings. The monoisotopic (exact) mass is 294 g/mol. The number of phenols is 1. The van der Waals surface area contributed by atoms with Crippen molar-refractivity contribution in [3.63, 3.8) is 0 Å². The zero-order valence-corrected chi connectivity index (χ0v) is 10.9. The van der Waals surface area contributed by atoms with Gasteiger partial charge < -0.3 is 14.9 Å². The van der Waals surface area contributed by atoms with E-state index < -0.39 is 16.0 Å². The van der Waals surface area contributed by atoms with Gasteiger partial charge in [0.15, 0.2) is 0 Å². The van der Waals surface area contributed by atoms with Crippen LogP contribution >= 0.6 is 0 Å². The van der Waals surface area contributed by atoms with E-state index in [1.165, 1.54) is 48.5 Å². The van der Waals surface area contributed by atoms with Crippen molar-refractivity contribution in [1.82, 2.24) is 0 Å². The number of hydrogen-bond acceptors (Lipinski definition) is 5. The van der Waals surface area contributed by atoms with Crippen LogP contribution in [0.5, 0.6) is 11.5 Å². The molecule has 0 spiro atoms. The first-order valence-corrected chi connectivity index (χ1v) is 6.93. The summed E-state index contributed by atoms with van der Waals surface area (Å²) in [5, 5.41) is 17.6. The molecule has 0 aliphatic rings. The van der Waals surface area contributed by atoms with Crippen LogP contribution in [-0.4, -0.2) is 24.8 Å². The van der Waals surface area contributed by atoms with Gasteiger partial charge in [0.2, 0.25) is 9.84 Å². The van der Waals surface area contributed by atoms with Crippen LogP contribution in [0.2, 0.25) is 0 Å². The summed E-state index contributed by atoms with van der Waals surface area (Å²) in [6.07, 6.45) is -1.47. The number of phenolic OH excluding ortho intramolecular Hbond substituents is 1. The maximum absolute atomic E-state index is 12.2. The second-order valence-electron chi connectivity index (χ2n) is 3.84. The molecule has 0 radical (unpaired) electrons. The van der Waals surface area contributed by atoms with Gasteiger partial charge in [0.05, 0.1) is 9.79 Å². The van der Waals surface area contributed by atoms with Gasteiger partial charge >= 0.3 is 6.16 Å². The molecule has 0 aliphatic heterocycles. The summed E-state index contributed by atoms with van der Waals surface area (Å²) >= 11 is 0. The summed E-state index contributed by atoms with van der Waals surface area (Å²) in [7, 11) is -3.72. The molecule has 2 N–H and O–H groups in total. The van der Waals surface area contributed by atoms with Gasteiger partial charge in [-0.1, -0.05) is 0 Å². The Labute approximate surface area is 114 Å². The van der Waals surface area contributed by atoms with E-state index in [0.717, 1.165) is 0 Å². The minimum absolute atomic E-state index is 0.000860. The predicted octanol–water partition coefficient (Wildman–Crippen LogP) is 2.28. The lowest BCUT2D eigenvalue weighted by Crippen LogP contribution is -2.04. The molecule has 7 heteroatoms. The molecule has 20 heavy (non-hydrogen) atoms. The molecular weight excluding hydrogens is 284 g/mol. The fourth-order valence-electron chi connectivity index (χ4n) is 1.55. The van der Waals surface area contributed by atoms with E-state index in [2.05, 4.69) is 4.74 Å². The summed E-state index contributed by atoms with van der Waals surface area (Å²) in [6.45, 7) is 0. The van der Waals surface area contributed by atoms with Crippen molar-refractivity contribution in [3.8, 4) is 11.5 Å². The lowest BCUT2D eigenvalue weighted by atomic mass is 10.3. The average molecular weight is 294 g/mol. The molecule has 0 bridgehead atoms. The van der Waals surface area contributed by atoms with E-state index >= 15 is 0 Å². The van der Waals surface area contributed by atoms with Crippen molar-refractivity contribution < 1.29 is 28.2 Å². The first-order chi connectivity index (χ1) is 9.39. The van der Waals surface area contributed by atoms with Gasteiger partial charge in [-0.25, -0.2) is 13.2 Å². The van der Waals surface area contributed by atoms with E-state index in [0.29, 0.717) is 0 Å². The van der Waals surface area contributed by atoms with E-state index in [1.807, 2.05) is 0 Å². The smallest absolute Gasteiger partial charge is 0.508 e. The lowest BCUT2D eigenvalue weighted by Gasteiger charge is -2.05. The number of aromatic hydroxyl groups is 1. The quantitative estimate of drug-likeness (QED) is 0.665. The fourth-order valence-corrected chi connectivity index (χ4v) is 2.81. The third-order valence-electron chi connectivity index (χ3n) is 2.49. The van der Waals surface area contributed by atoms with Crippen molar-refractivity contribution in [2.24, 2.45) is 0 Å². The number of carbonyl (C=O) groups is 1. The molecular formula is C13H10O6S. The van der Waals surface area contributed by atoms with E-state index in [1.54, 1.807) is 0 Å². The van der Waals surface area contributed by atoms with Crippen molar-refractivity contribution in [1.29, 1.82) is 0 Å². The van der Waals surface area contributed by atoms with Crippen molar-refractivity contribution in [3.05, 3.63) is 48.5 Å². The van der Waals surface area contributed by atoms with Crippen LogP contribution in [0.15, 0.2) is 58.3 Å². The second-order valence-corrected chi connectivity index (χ2v) is 5.79. The summed E-state index contributed by atoms with van der Waals surface area (Å²) in [5.41, 5.74) is 0. The Kier molecular flexibility index (Phi) is 3.62. The largest absolute Gasteiger partial charge is 0.511 e. The standard InChI is InChI=1S/C13H10O6S/c14-9-1-5-11(6-2-9)20(17,18)12-7-3-10(4-8-12)19-13(15)16/h1-8,14H,(H,15,16). The number of carboxylic acid groups (broad SMARTS) is 1. The molecule has 2 aromatic carbocycles. The first kappa shape index (κ1) is 13.9. The topological polar surface area (TPSA) is 101 Å². The highest BCUT2D eigenvalue weighted by molar-refractivity contribution is 7.91. The van der Waals surface area contributed by atoms with Crippen molar-refractivity contribution in [2.75, 3.05) is 0 Å². The molecule has 0 aromatic heterocycles. The van der Waals surface area contributed by atoms with Crippen LogP contribution in [0, 0.1) is 0 Å². The Morgan fingerprint density at radius 3 is 1.80 bits per heavy atom. The molecule has 0 saturated carbocycles. The summed E-state index contributed by atoms with van der Waals surface area (Å²) in [4.78, 5) is 10.4. The molecule has 2 rings (SSSR count). The third-order valence-corrected chi connectivity index (χ3v) is 4.27. The maximum atomic E-state index is 12.2. The first-order valence-electron chi connectivity index (χ1n) is 5.44. The number of sulfone groups is 1. The molecule has 0 amide bonds. The Morgan fingerprint density at radius 2 is 1.35 bits per heavy atom. The Hall–Kier alpha value is -2.54. The number of ether oxygens (including phenoxy) is 1. The molecule has 0 aliphatic carbocycles. The summed E-state index contributed by atoms with van der Waals surface area (Å²) in [5.74, 6) is -0.00341. The minimum Gasteiger partial charge on any atom is -0.508 e. The van der Waals surface area contributed by atoms with Crippen LogP contribution in [0.4, 0.5) is 4.79 Å². The predicted molar refractivity (Wildman–Crippen MR) is 68.7 cm³/mol. The highest BCUT2D eigenvalue weighted by atomic mass is 32.2. The minimum atomic E-state index is -3.72. The van der Waals surface area contributed by atoms with Crippen LogP contribution < -0.4 is 4.74 Å². The van der Waals surface area contributed by atoms with Crippen LogP contribution in [0.1, 0.15) is 0 Å². The average Bonchev–Trinajstić information content (AvgIpc) is 2.39. The van der Waals surface area contributed by atoms with Gasteiger partial charge in [-0.2, -0.15) is 0 Å². The van der Waals surface area contributed by atoms with Gasteiger partial charge in [0, 0.05) is 0 Å². The zero-order valence-electron chi connectivity index (χ0n) is 10.1. The Bertz CT molecular complexity index is 716. The van der Waals surface area contributed by atoms with Gasteiger partial charge in [-0.3, -0.25) is 0 Å². The molecule has 0 heterocycles. The number of benzene rings is 2. The molecule has 2 aromatic rings. The van der Waals surface area contributed by atoms with E-state index in [-0.39, 0.29) is 21.3 Å². The Balaban J connectivity index is 2.34. The molecule has 104 valence electrons. The van der Waals surface area contributed by atoms with Gasteiger partial charge in [-0.05, 0) is 48.5 Å². The molecule has 0 saturated heterocycles. The summed E-state index contributed by atoms with van der Waals surface area (Å²) < 4.78 is 28.9. The highest BCUT2D eigenvalue weighted by Crippen LogP contribution is 2.24. The van der Waals surface area contributed by atoms with Crippen LogP contribution in [-0.2, 0) is 9.84 Å². The maximum Gasteiger partial charge on any atom is 0.511 e. The van der Waals surface area contributed by atoms with Crippen LogP contribution in [0.25, 0.3) is 0 Å². The molecule has 0 unspecified atom stereocenters. The number of rotatable bonds is 3. The zero-order chi connectivity index (χ0) is 14.8. The van der Waals surface area contributed by atoms with Crippen molar-refractivity contribution >= 4 is 16.0 Å². The van der Waals surface area contributed by atoms with Gasteiger partial charge in [-0.15, -0.1) is 0 Å². The van der Waals surface area contributed by atoms with Crippen LogP contribution in [0.3, 0.4) is 0 Å². The lowest BCUT2D eigenvalue weighted by molar-refractivity contribution is 0.144. The third kappa shape index (κ3) is 2.89. The molecule has 6 nitrogen and oxygen atoms in total. The Morgan fingerprint density at radius 1 is 0.900 bits per heavy atom. The number of hydrogen-bond donors (Lipinski definition) is 2. The van der Waals surface area contributed by atoms with Gasteiger partial charge in [0.25, 0.3) is 0 Å². The fraction of sp³-hybridized carbons (Fsp3) is 0. The normalized spacial score (nSPS) is 11.0. The molecule has 0 atom stereocenters. The SMILES string of the molecule is O=C(O)Oc1ccc(S(=O)(=O)c2ccc(O)cc2)cc1. The second kappa shape index (κ2) is 5.22.